The molecule has 5 rings (SSSR count). The van der Waals surface area contributed by atoms with E-state index in [2.05, 4.69) is 31.0 Å². The number of rotatable bonds is 2. The monoisotopic (exact) mass is 323 g/mol. The van der Waals surface area contributed by atoms with E-state index in [9.17, 15) is 4.79 Å². The van der Waals surface area contributed by atoms with Crippen molar-refractivity contribution in [2.24, 2.45) is 0 Å². The highest BCUT2D eigenvalue weighted by Crippen LogP contribution is 2.40. The molecular formula is C14H9N7O3. The zero-order valence-electron chi connectivity index (χ0n) is 12.0. The number of fused-ring (bicyclic) bond motifs is 2. The quantitative estimate of drug-likeness (QED) is 0.497. The van der Waals surface area contributed by atoms with Crippen molar-refractivity contribution >= 4 is 11.6 Å². The van der Waals surface area contributed by atoms with E-state index in [0.717, 1.165) is 0 Å². The van der Waals surface area contributed by atoms with Gasteiger partial charge in [-0.1, -0.05) is 5.10 Å². The summed E-state index contributed by atoms with van der Waals surface area (Å²) in [7, 11) is 0. The van der Waals surface area contributed by atoms with Crippen molar-refractivity contribution in [3.8, 4) is 11.5 Å². The van der Waals surface area contributed by atoms with Crippen LogP contribution in [0.4, 0.5) is 11.6 Å². The van der Waals surface area contributed by atoms with E-state index < -0.39 is 6.04 Å². The average Bonchev–Trinajstić information content (AvgIpc) is 3.34. The molecule has 0 amide bonds. The van der Waals surface area contributed by atoms with Crippen molar-refractivity contribution < 1.29 is 8.83 Å². The molecule has 10 heteroatoms. The van der Waals surface area contributed by atoms with E-state index in [0.29, 0.717) is 34.4 Å². The fraction of sp³-hybridized carbons (Fsp3) is 0.0714. The Labute approximate surface area is 133 Å². The van der Waals surface area contributed by atoms with Gasteiger partial charge >= 0.3 is 0 Å². The SMILES string of the molecule is O=c1[nH]nc(-c2ccco2)c2c1Nc1nnnn1[C@@H]2c1ccco1. The van der Waals surface area contributed by atoms with E-state index in [-0.39, 0.29) is 5.56 Å². The molecule has 4 aromatic heterocycles. The van der Waals surface area contributed by atoms with E-state index in [1.807, 2.05) is 0 Å². The van der Waals surface area contributed by atoms with Crippen LogP contribution in [0, 0.1) is 0 Å². The molecule has 0 aliphatic carbocycles. The van der Waals surface area contributed by atoms with Crippen LogP contribution in [-0.2, 0) is 0 Å². The third-order valence-corrected chi connectivity index (χ3v) is 3.84. The Bertz CT molecular complexity index is 1060. The molecule has 0 fully saturated rings. The summed E-state index contributed by atoms with van der Waals surface area (Å²) in [5.41, 5.74) is 0.972. The summed E-state index contributed by atoms with van der Waals surface area (Å²) in [6, 6.07) is 6.51. The number of aromatic nitrogens is 6. The molecule has 5 heterocycles. The smallest absolute Gasteiger partial charge is 0.288 e. The van der Waals surface area contributed by atoms with Crippen LogP contribution >= 0.6 is 0 Å². The molecule has 0 spiro atoms. The second-order valence-electron chi connectivity index (χ2n) is 5.16. The summed E-state index contributed by atoms with van der Waals surface area (Å²) in [6.07, 6.45) is 3.09. The zero-order chi connectivity index (χ0) is 16.1. The van der Waals surface area contributed by atoms with Gasteiger partial charge < -0.3 is 14.2 Å². The first-order valence-electron chi connectivity index (χ1n) is 7.07. The summed E-state index contributed by atoms with van der Waals surface area (Å²) >= 11 is 0. The van der Waals surface area contributed by atoms with Gasteiger partial charge in [-0.3, -0.25) is 4.79 Å². The molecule has 2 N–H and O–H groups in total. The van der Waals surface area contributed by atoms with Gasteiger partial charge in [0.25, 0.3) is 5.56 Å². The Kier molecular flexibility index (Phi) is 2.48. The van der Waals surface area contributed by atoms with Gasteiger partial charge in [0.1, 0.15) is 23.2 Å². The fourth-order valence-corrected chi connectivity index (χ4v) is 2.85. The molecule has 0 saturated heterocycles. The minimum atomic E-state index is -0.545. The maximum absolute atomic E-state index is 12.3. The number of furan rings is 2. The first-order valence-corrected chi connectivity index (χ1v) is 7.07. The summed E-state index contributed by atoms with van der Waals surface area (Å²) in [5, 5.41) is 21.1. The lowest BCUT2D eigenvalue weighted by Gasteiger charge is -2.25. The topological polar surface area (TPSA) is 128 Å². The zero-order valence-corrected chi connectivity index (χ0v) is 12.0. The molecule has 0 bridgehead atoms. The summed E-state index contributed by atoms with van der Waals surface area (Å²) in [6.45, 7) is 0. The molecule has 1 atom stereocenters. The van der Waals surface area contributed by atoms with Crippen LogP contribution in [0.15, 0.2) is 50.4 Å². The Balaban J connectivity index is 1.86. The van der Waals surface area contributed by atoms with Crippen LogP contribution in [0.1, 0.15) is 17.4 Å². The second-order valence-corrected chi connectivity index (χ2v) is 5.16. The highest BCUT2D eigenvalue weighted by atomic mass is 16.3. The van der Waals surface area contributed by atoms with E-state index in [1.54, 1.807) is 30.5 Å². The van der Waals surface area contributed by atoms with E-state index in [1.165, 1.54) is 10.9 Å². The third kappa shape index (κ3) is 1.67. The normalized spacial score (nSPS) is 15.6. The first-order chi connectivity index (χ1) is 11.8. The van der Waals surface area contributed by atoms with Crippen LogP contribution in [0.2, 0.25) is 0 Å². The molecule has 0 aromatic carbocycles. The van der Waals surface area contributed by atoms with Gasteiger partial charge in [-0.15, -0.1) is 0 Å². The van der Waals surface area contributed by atoms with Crippen molar-refractivity contribution in [1.82, 2.24) is 30.4 Å². The highest BCUT2D eigenvalue weighted by Gasteiger charge is 2.36. The van der Waals surface area contributed by atoms with Gasteiger partial charge in [0.05, 0.1) is 12.5 Å². The number of nitrogens with zero attached hydrogens (tertiary/aromatic N) is 5. The van der Waals surface area contributed by atoms with Crippen LogP contribution < -0.4 is 10.9 Å². The average molecular weight is 323 g/mol. The van der Waals surface area contributed by atoms with Gasteiger partial charge in [-0.2, -0.15) is 9.78 Å². The highest BCUT2D eigenvalue weighted by molar-refractivity contribution is 5.72. The number of aromatic amines is 1. The Hall–Kier alpha value is -3.69. The van der Waals surface area contributed by atoms with Gasteiger partial charge in [0.15, 0.2) is 5.76 Å². The van der Waals surface area contributed by atoms with Crippen molar-refractivity contribution in [3.05, 3.63) is 58.5 Å². The van der Waals surface area contributed by atoms with Crippen LogP contribution in [0.25, 0.3) is 11.5 Å². The lowest BCUT2D eigenvalue weighted by Crippen LogP contribution is -2.28. The third-order valence-electron chi connectivity index (χ3n) is 3.84. The van der Waals surface area contributed by atoms with Crippen molar-refractivity contribution in [2.75, 3.05) is 5.32 Å². The predicted molar refractivity (Wildman–Crippen MR) is 79.6 cm³/mol. The number of anilines is 2. The molecule has 0 unspecified atom stereocenters. The minimum Gasteiger partial charge on any atom is -0.467 e. The largest absolute Gasteiger partial charge is 0.467 e. The second kappa shape index (κ2) is 4.65. The molecule has 24 heavy (non-hydrogen) atoms. The van der Waals surface area contributed by atoms with Crippen LogP contribution in [-0.4, -0.2) is 30.4 Å². The molecule has 118 valence electrons. The summed E-state index contributed by atoms with van der Waals surface area (Å²) in [5.74, 6) is 1.43. The van der Waals surface area contributed by atoms with Crippen LogP contribution in [0.5, 0.6) is 0 Å². The molecule has 0 saturated carbocycles. The molecule has 10 nitrogen and oxygen atoms in total. The predicted octanol–water partition coefficient (Wildman–Crippen LogP) is 1.30. The molecule has 1 aliphatic heterocycles. The van der Waals surface area contributed by atoms with Crippen molar-refractivity contribution in [3.63, 3.8) is 0 Å². The molecule has 4 aromatic rings. The molecular weight excluding hydrogens is 314 g/mol. The summed E-state index contributed by atoms with van der Waals surface area (Å²) < 4.78 is 12.5. The first kappa shape index (κ1) is 12.8. The Morgan fingerprint density at radius 2 is 2.04 bits per heavy atom. The van der Waals surface area contributed by atoms with Crippen molar-refractivity contribution in [2.45, 2.75) is 6.04 Å². The summed E-state index contributed by atoms with van der Waals surface area (Å²) in [4.78, 5) is 12.3. The molecule has 1 aliphatic rings. The van der Waals surface area contributed by atoms with E-state index >= 15 is 0 Å². The standard InChI is InChI=1S/C14H9N7O3/c22-13-11-9(10(16-17-13)7-3-1-5-23-7)12(8-4-2-6-24-8)21-14(15-11)18-19-20-21/h1-6,12H,(H,17,22)(H,15,18,20)/t12-/m1/s1. The maximum atomic E-state index is 12.3. The van der Waals surface area contributed by atoms with E-state index in [4.69, 9.17) is 8.83 Å². The van der Waals surface area contributed by atoms with Gasteiger partial charge in [0.2, 0.25) is 5.95 Å². The number of hydrogen-bond donors (Lipinski definition) is 2. The molecule has 0 radical (unpaired) electrons. The maximum Gasteiger partial charge on any atom is 0.288 e. The Morgan fingerprint density at radius 1 is 1.17 bits per heavy atom. The van der Waals surface area contributed by atoms with Gasteiger partial charge in [0, 0.05) is 5.56 Å². The number of H-pyrrole nitrogens is 1. The number of tetrazole rings is 1. The van der Waals surface area contributed by atoms with Crippen LogP contribution in [0.3, 0.4) is 0 Å². The number of nitrogens with one attached hydrogen (secondary N) is 2. The van der Waals surface area contributed by atoms with Gasteiger partial charge in [-0.05, 0) is 34.7 Å². The van der Waals surface area contributed by atoms with Crippen molar-refractivity contribution in [1.29, 1.82) is 0 Å². The number of hydrogen-bond acceptors (Lipinski definition) is 8. The minimum absolute atomic E-state index is 0.306. The lowest BCUT2D eigenvalue weighted by molar-refractivity contribution is 0.434. The van der Waals surface area contributed by atoms with Gasteiger partial charge in [-0.25, -0.2) is 5.10 Å². The lowest BCUT2D eigenvalue weighted by atomic mass is 9.98. The fourth-order valence-electron chi connectivity index (χ4n) is 2.85. The Morgan fingerprint density at radius 3 is 2.83 bits per heavy atom.